The van der Waals surface area contributed by atoms with E-state index in [9.17, 15) is 18.8 Å². The molecule has 37 heavy (non-hydrogen) atoms. The fraction of sp³-hybridized carbons (Fsp3) is 0.444. The highest BCUT2D eigenvalue weighted by atomic mass is 35.5. The molecule has 8 nitrogen and oxygen atoms in total. The molecule has 2 saturated heterocycles. The van der Waals surface area contributed by atoms with E-state index in [1.165, 1.54) is 17.1 Å². The maximum atomic E-state index is 13.2. The molecule has 2 heterocycles. The Morgan fingerprint density at radius 3 is 2.43 bits per heavy atom. The van der Waals surface area contributed by atoms with Crippen molar-refractivity contribution in [1.29, 1.82) is 0 Å². The molecule has 0 saturated carbocycles. The molecular formula is C27H35ClFN5O3. The fourth-order valence-corrected chi connectivity index (χ4v) is 4.88. The Morgan fingerprint density at radius 2 is 1.84 bits per heavy atom. The average Bonchev–Trinajstić information content (AvgIpc) is 2.83. The van der Waals surface area contributed by atoms with Crippen LogP contribution in [0.1, 0.15) is 31.4 Å². The van der Waals surface area contributed by atoms with E-state index in [-0.39, 0.29) is 36.6 Å². The number of hydrazine groups is 1. The van der Waals surface area contributed by atoms with E-state index in [2.05, 4.69) is 5.32 Å². The van der Waals surface area contributed by atoms with Crippen LogP contribution < -0.4 is 5.32 Å². The first kappa shape index (κ1) is 28.6. The number of nitrogens with zero attached hydrogens (tertiary/aromatic N) is 4. The van der Waals surface area contributed by atoms with Crippen molar-refractivity contribution in [3.8, 4) is 0 Å². The molecule has 10 heteroatoms. The highest BCUT2D eigenvalue weighted by molar-refractivity contribution is 6.30. The lowest BCUT2D eigenvalue weighted by molar-refractivity contribution is -0.197. The smallest absolute Gasteiger partial charge is 0.245 e. The second kappa shape index (κ2) is 13.0. The molecule has 0 bridgehead atoms. The third-order valence-corrected chi connectivity index (χ3v) is 6.58. The van der Waals surface area contributed by atoms with Gasteiger partial charge in [0.05, 0.1) is 13.1 Å². The maximum absolute atomic E-state index is 13.2. The zero-order valence-corrected chi connectivity index (χ0v) is 22.5. The molecular weight excluding hydrogens is 497 g/mol. The molecule has 1 unspecified atom stereocenters. The lowest BCUT2D eigenvalue weighted by atomic mass is 9.97. The van der Waals surface area contributed by atoms with Crippen molar-refractivity contribution in [1.82, 2.24) is 25.1 Å². The van der Waals surface area contributed by atoms with Gasteiger partial charge in [-0.1, -0.05) is 49.7 Å². The standard InChI is InChI=1S/C19H25ClN4O3.C8H10FN/c1-13(2)7-16-19(27)22(9-14-5-4-6-15(20)8-14)10-17-23(12-25)21(3)11-18(26)24(16)17;1-10-6-7-2-4-8(9)5-3-7/h4-6,8,12-13,16-17H,7,9-11H2,1-3H3;2-5,10H,6H2,1H3/t16-,17?;/m0./s1. The second-order valence-corrected chi connectivity index (χ2v) is 10.2. The number of halogens is 2. The summed E-state index contributed by atoms with van der Waals surface area (Å²) in [5, 5.41) is 6.71. The molecule has 2 aliphatic rings. The summed E-state index contributed by atoms with van der Waals surface area (Å²) in [4.78, 5) is 40.9. The Balaban J connectivity index is 0.000000319. The topological polar surface area (TPSA) is 76.2 Å². The molecule has 4 rings (SSSR count). The van der Waals surface area contributed by atoms with E-state index in [1.54, 1.807) is 40.1 Å². The quantitative estimate of drug-likeness (QED) is 0.556. The molecule has 2 aromatic rings. The molecule has 0 aliphatic carbocycles. The molecule has 0 aromatic heterocycles. The number of carbonyl (C=O) groups is 3. The van der Waals surface area contributed by atoms with Crippen LogP contribution in [0.4, 0.5) is 4.39 Å². The first-order valence-corrected chi connectivity index (χ1v) is 12.7. The van der Waals surface area contributed by atoms with Gasteiger partial charge in [-0.25, -0.2) is 9.40 Å². The zero-order chi connectivity index (χ0) is 27.1. The van der Waals surface area contributed by atoms with Gasteiger partial charge < -0.3 is 15.1 Å². The van der Waals surface area contributed by atoms with Crippen molar-refractivity contribution in [2.45, 2.75) is 45.6 Å². The van der Waals surface area contributed by atoms with Gasteiger partial charge in [0.25, 0.3) is 0 Å². The predicted octanol–water partition coefficient (Wildman–Crippen LogP) is 3.12. The van der Waals surface area contributed by atoms with Crippen molar-refractivity contribution in [2.24, 2.45) is 5.92 Å². The summed E-state index contributed by atoms with van der Waals surface area (Å²) in [6, 6.07) is 13.3. The molecule has 2 aliphatic heterocycles. The van der Waals surface area contributed by atoms with Gasteiger partial charge in [0.2, 0.25) is 18.2 Å². The summed E-state index contributed by atoms with van der Waals surface area (Å²) in [6.45, 7) is 5.59. The number of carbonyl (C=O) groups excluding carboxylic acids is 3. The lowest BCUT2D eigenvalue weighted by Gasteiger charge is -2.54. The number of benzene rings is 2. The number of rotatable bonds is 7. The Kier molecular flexibility index (Phi) is 10.0. The van der Waals surface area contributed by atoms with E-state index < -0.39 is 12.2 Å². The number of fused-ring (bicyclic) bond motifs is 1. The number of nitrogens with one attached hydrogen (secondary N) is 1. The lowest BCUT2D eigenvalue weighted by Crippen LogP contribution is -2.74. The molecule has 2 aromatic carbocycles. The van der Waals surface area contributed by atoms with E-state index >= 15 is 0 Å². The number of piperazine rings is 1. The summed E-state index contributed by atoms with van der Waals surface area (Å²) < 4.78 is 12.3. The van der Waals surface area contributed by atoms with Crippen molar-refractivity contribution in [3.05, 3.63) is 70.5 Å². The van der Waals surface area contributed by atoms with Gasteiger partial charge in [-0.05, 0) is 54.8 Å². The summed E-state index contributed by atoms with van der Waals surface area (Å²) in [5.74, 6) is -0.145. The average molecular weight is 532 g/mol. The Bertz CT molecular complexity index is 1080. The van der Waals surface area contributed by atoms with Crippen LogP contribution in [0.25, 0.3) is 0 Å². The molecule has 1 N–H and O–H groups in total. The Hall–Kier alpha value is -3.01. The third-order valence-electron chi connectivity index (χ3n) is 6.35. The van der Waals surface area contributed by atoms with E-state index in [0.717, 1.165) is 24.1 Å². The van der Waals surface area contributed by atoms with Gasteiger partial charge in [-0.2, -0.15) is 0 Å². The fourth-order valence-electron chi connectivity index (χ4n) is 4.67. The minimum Gasteiger partial charge on any atom is -0.333 e. The van der Waals surface area contributed by atoms with Crippen molar-refractivity contribution >= 4 is 29.8 Å². The number of hydrogen-bond donors (Lipinski definition) is 1. The third kappa shape index (κ3) is 7.28. The maximum Gasteiger partial charge on any atom is 0.245 e. The SMILES string of the molecule is CC(C)C[C@H]1C(=O)N(Cc2cccc(Cl)c2)CC2N1C(=O)CN(C)N2C=O.CNCc1ccc(F)cc1. The van der Waals surface area contributed by atoms with Crippen LogP contribution in [0.2, 0.25) is 5.02 Å². The zero-order valence-electron chi connectivity index (χ0n) is 21.7. The largest absolute Gasteiger partial charge is 0.333 e. The minimum absolute atomic E-state index is 0.0799. The van der Waals surface area contributed by atoms with Crippen molar-refractivity contribution < 1.29 is 18.8 Å². The minimum atomic E-state index is -0.563. The van der Waals surface area contributed by atoms with E-state index in [1.807, 2.05) is 39.1 Å². The Labute approximate surface area is 222 Å². The van der Waals surface area contributed by atoms with E-state index in [4.69, 9.17) is 11.6 Å². The summed E-state index contributed by atoms with van der Waals surface area (Å²) in [7, 11) is 3.57. The van der Waals surface area contributed by atoms with Gasteiger partial charge in [0, 0.05) is 25.2 Å². The van der Waals surface area contributed by atoms with Gasteiger partial charge >= 0.3 is 0 Å². The molecule has 2 atom stereocenters. The van der Waals surface area contributed by atoms with Crippen LogP contribution in [0.15, 0.2) is 48.5 Å². The van der Waals surface area contributed by atoms with Crippen LogP contribution in [0, 0.1) is 11.7 Å². The van der Waals surface area contributed by atoms with Gasteiger partial charge in [-0.3, -0.25) is 19.4 Å². The van der Waals surface area contributed by atoms with Gasteiger partial charge in [0.1, 0.15) is 18.0 Å². The van der Waals surface area contributed by atoms with Crippen molar-refractivity contribution in [3.63, 3.8) is 0 Å². The number of hydrogen-bond acceptors (Lipinski definition) is 5. The predicted molar refractivity (Wildman–Crippen MR) is 140 cm³/mol. The van der Waals surface area contributed by atoms with Crippen LogP contribution >= 0.6 is 11.6 Å². The Morgan fingerprint density at radius 1 is 1.14 bits per heavy atom. The molecule has 0 spiro atoms. The molecule has 200 valence electrons. The number of amides is 3. The highest BCUT2D eigenvalue weighted by Crippen LogP contribution is 2.29. The van der Waals surface area contributed by atoms with Gasteiger partial charge in [-0.15, -0.1) is 0 Å². The first-order chi connectivity index (χ1) is 17.6. The van der Waals surface area contributed by atoms with Crippen LogP contribution in [0.5, 0.6) is 0 Å². The van der Waals surface area contributed by atoms with Crippen molar-refractivity contribution in [2.75, 3.05) is 27.2 Å². The second-order valence-electron chi connectivity index (χ2n) is 9.73. The first-order valence-electron chi connectivity index (χ1n) is 12.3. The normalized spacial score (nSPS) is 20.0. The van der Waals surface area contributed by atoms with Crippen LogP contribution in [0.3, 0.4) is 0 Å². The molecule has 2 fully saturated rings. The molecule has 0 radical (unpaired) electrons. The highest BCUT2D eigenvalue weighted by Gasteiger charge is 2.48. The summed E-state index contributed by atoms with van der Waals surface area (Å²) in [6.07, 6.45) is 0.794. The van der Waals surface area contributed by atoms with E-state index in [0.29, 0.717) is 18.0 Å². The van der Waals surface area contributed by atoms with Gasteiger partial charge in [0.15, 0.2) is 0 Å². The summed E-state index contributed by atoms with van der Waals surface area (Å²) >= 11 is 6.07. The molecule has 3 amide bonds. The van der Waals surface area contributed by atoms with Crippen LogP contribution in [-0.4, -0.2) is 77.4 Å². The van der Waals surface area contributed by atoms with Crippen LogP contribution in [-0.2, 0) is 27.5 Å². The summed E-state index contributed by atoms with van der Waals surface area (Å²) in [5.41, 5.74) is 2.02. The monoisotopic (exact) mass is 531 g/mol. The number of likely N-dealkylation sites (N-methyl/N-ethyl adjacent to an activating group) is 1.